The molecule has 0 amide bonds. The quantitative estimate of drug-likeness (QED) is 0.546. The molecule has 0 bridgehead atoms. The van der Waals surface area contributed by atoms with Crippen LogP contribution in [0, 0.1) is 6.92 Å². The summed E-state index contributed by atoms with van der Waals surface area (Å²) in [5, 5.41) is 5.70. The van der Waals surface area contributed by atoms with E-state index in [1.807, 2.05) is 31.2 Å². The fraction of sp³-hybridized carbons (Fsp3) is 0.333. The van der Waals surface area contributed by atoms with Gasteiger partial charge in [-0.15, -0.1) is 0 Å². The summed E-state index contributed by atoms with van der Waals surface area (Å²) in [5.74, 6) is -0.264. The van der Waals surface area contributed by atoms with Crippen LogP contribution < -0.4 is 11.0 Å². The molecular weight excluding hydrogens is 420 g/mol. The summed E-state index contributed by atoms with van der Waals surface area (Å²) < 4.78 is 3.46. The number of unbranched alkanes of at least 4 members (excludes halogenated alkanes) is 2. The number of hydrogen-bond donors (Lipinski definition) is 0. The number of carbonyl (C=O) groups is 1. The highest BCUT2D eigenvalue weighted by Gasteiger charge is 2.13. The van der Waals surface area contributed by atoms with Gasteiger partial charge >= 0.3 is 0 Å². The molecular formula is C21H23BrN4O2. The van der Waals surface area contributed by atoms with Gasteiger partial charge < -0.3 is 0 Å². The smallest absolute Gasteiger partial charge is 0.272 e. The number of pyridine rings is 1. The summed E-state index contributed by atoms with van der Waals surface area (Å²) in [4.78, 5) is 30.3. The first kappa shape index (κ1) is 20.2. The van der Waals surface area contributed by atoms with E-state index in [4.69, 9.17) is 0 Å². The van der Waals surface area contributed by atoms with Crippen LogP contribution in [0.15, 0.2) is 56.9 Å². The van der Waals surface area contributed by atoms with Crippen LogP contribution in [-0.4, -0.2) is 26.8 Å². The Labute approximate surface area is 171 Å². The molecule has 0 radical (unpaired) electrons. The number of aromatic nitrogens is 3. The second-order valence-corrected chi connectivity index (χ2v) is 7.48. The summed E-state index contributed by atoms with van der Waals surface area (Å²) in [5.41, 5.74) is 1.01. The van der Waals surface area contributed by atoms with Crippen molar-refractivity contribution in [3.63, 3.8) is 0 Å². The van der Waals surface area contributed by atoms with E-state index in [0.717, 1.165) is 29.1 Å². The Morgan fingerprint density at radius 3 is 2.64 bits per heavy atom. The molecule has 0 saturated carbocycles. The van der Waals surface area contributed by atoms with Crippen LogP contribution >= 0.6 is 15.9 Å². The Morgan fingerprint density at radius 1 is 1.14 bits per heavy atom. The SMILES string of the molecule is CCCCCN=c1c(Br)cccn1C(=O)Cn1nc(C)c2ccccc2c1=O. The van der Waals surface area contributed by atoms with E-state index >= 15 is 0 Å². The van der Waals surface area contributed by atoms with Crippen LogP contribution in [0.1, 0.15) is 36.7 Å². The lowest BCUT2D eigenvalue weighted by molar-refractivity contribution is 0.0878. The maximum atomic E-state index is 13.0. The van der Waals surface area contributed by atoms with Crippen molar-refractivity contribution in [2.75, 3.05) is 6.54 Å². The minimum atomic E-state index is -0.272. The molecule has 0 aliphatic carbocycles. The summed E-state index contributed by atoms with van der Waals surface area (Å²) in [6.07, 6.45) is 4.85. The normalized spacial score (nSPS) is 11.9. The molecule has 28 heavy (non-hydrogen) atoms. The van der Waals surface area contributed by atoms with Gasteiger partial charge in [-0.3, -0.25) is 19.1 Å². The number of benzene rings is 1. The molecule has 0 saturated heterocycles. The van der Waals surface area contributed by atoms with Gasteiger partial charge in [0.25, 0.3) is 11.5 Å². The van der Waals surface area contributed by atoms with E-state index in [1.165, 1.54) is 9.25 Å². The number of fused-ring (bicyclic) bond motifs is 1. The van der Waals surface area contributed by atoms with Gasteiger partial charge in [-0.2, -0.15) is 5.10 Å². The number of nitrogens with zero attached hydrogens (tertiary/aromatic N) is 4. The zero-order valence-corrected chi connectivity index (χ0v) is 17.6. The number of halogens is 1. The van der Waals surface area contributed by atoms with Crippen LogP contribution in [-0.2, 0) is 6.54 Å². The predicted molar refractivity (Wildman–Crippen MR) is 113 cm³/mol. The van der Waals surface area contributed by atoms with E-state index in [2.05, 4.69) is 32.9 Å². The standard InChI is InChI=1S/C21H23BrN4O2/c1-3-4-7-12-23-20-18(22)11-8-13-25(20)19(27)14-26-21(28)17-10-6-5-9-16(17)15(2)24-26/h5-6,8-11,13H,3-4,7,12,14H2,1-2H3. The molecule has 0 N–H and O–H groups in total. The average Bonchev–Trinajstić information content (AvgIpc) is 2.70. The molecule has 2 heterocycles. The van der Waals surface area contributed by atoms with Crippen LogP contribution in [0.2, 0.25) is 0 Å². The number of hydrogen-bond acceptors (Lipinski definition) is 4. The molecule has 0 fully saturated rings. The van der Waals surface area contributed by atoms with E-state index in [9.17, 15) is 9.59 Å². The Balaban J connectivity index is 1.96. The van der Waals surface area contributed by atoms with Gasteiger partial charge in [0.15, 0.2) is 0 Å². The number of carbonyl (C=O) groups excluding carboxylic acids is 1. The van der Waals surface area contributed by atoms with Crippen LogP contribution in [0.3, 0.4) is 0 Å². The maximum Gasteiger partial charge on any atom is 0.275 e. The van der Waals surface area contributed by atoms with Crippen molar-refractivity contribution in [1.29, 1.82) is 0 Å². The van der Waals surface area contributed by atoms with Crippen molar-refractivity contribution in [3.8, 4) is 0 Å². The van der Waals surface area contributed by atoms with Crippen molar-refractivity contribution >= 4 is 32.6 Å². The number of aryl methyl sites for hydroxylation is 1. The van der Waals surface area contributed by atoms with Crippen LogP contribution in [0.25, 0.3) is 10.8 Å². The highest BCUT2D eigenvalue weighted by Crippen LogP contribution is 2.11. The van der Waals surface area contributed by atoms with E-state index in [-0.39, 0.29) is 18.0 Å². The van der Waals surface area contributed by atoms with Gasteiger partial charge in [0.2, 0.25) is 0 Å². The highest BCUT2D eigenvalue weighted by molar-refractivity contribution is 9.10. The summed E-state index contributed by atoms with van der Waals surface area (Å²) in [6.45, 7) is 4.47. The minimum Gasteiger partial charge on any atom is -0.272 e. The third-order valence-corrected chi connectivity index (χ3v) is 5.17. The topological polar surface area (TPSA) is 69.2 Å². The monoisotopic (exact) mass is 442 g/mol. The molecule has 6 nitrogen and oxygen atoms in total. The Hall–Kier alpha value is -2.54. The van der Waals surface area contributed by atoms with E-state index < -0.39 is 0 Å². The predicted octanol–water partition coefficient (Wildman–Crippen LogP) is 3.70. The summed E-state index contributed by atoms with van der Waals surface area (Å²) in [6, 6.07) is 10.9. The van der Waals surface area contributed by atoms with Gasteiger partial charge in [0.05, 0.1) is 15.6 Å². The second kappa shape index (κ2) is 9.10. The van der Waals surface area contributed by atoms with Crippen molar-refractivity contribution in [1.82, 2.24) is 14.3 Å². The fourth-order valence-electron chi connectivity index (χ4n) is 3.09. The Morgan fingerprint density at radius 2 is 1.89 bits per heavy atom. The second-order valence-electron chi connectivity index (χ2n) is 6.63. The van der Waals surface area contributed by atoms with Gasteiger partial charge in [-0.1, -0.05) is 38.0 Å². The third kappa shape index (κ3) is 4.30. The molecule has 0 aliphatic heterocycles. The average molecular weight is 443 g/mol. The van der Waals surface area contributed by atoms with Gasteiger partial charge in [0, 0.05) is 18.1 Å². The molecule has 0 unspecified atom stereocenters. The van der Waals surface area contributed by atoms with Crippen molar-refractivity contribution in [3.05, 3.63) is 68.6 Å². The van der Waals surface area contributed by atoms with E-state index in [1.54, 1.807) is 18.3 Å². The number of rotatable bonds is 6. The van der Waals surface area contributed by atoms with Crippen molar-refractivity contribution < 1.29 is 4.79 Å². The molecule has 0 spiro atoms. The minimum absolute atomic E-state index is 0.150. The lowest BCUT2D eigenvalue weighted by Crippen LogP contribution is -2.35. The molecule has 7 heteroatoms. The molecule has 3 rings (SSSR count). The highest BCUT2D eigenvalue weighted by atomic mass is 79.9. The Bertz CT molecular complexity index is 1130. The molecule has 0 aliphatic rings. The lowest BCUT2D eigenvalue weighted by atomic mass is 10.1. The summed E-state index contributed by atoms with van der Waals surface area (Å²) in [7, 11) is 0. The zero-order chi connectivity index (χ0) is 20.1. The molecule has 2 aromatic heterocycles. The Kier molecular flexibility index (Phi) is 6.57. The van der Waals surface area contributed by atoms with Crippen LogP contribution in [0.4, 0.5) is 0 Å². The van der Waals surface area contributed by atoms with Gasteiger partial charge in [-0.25, -0.2) is 4.68 Å². The fourth-order valence-corrected chi connectivity index (χ4v) is 3.56. The first-order valence-electron chi connectivity index (χ1n) is 9.40. The van der Waals surface area contributed by atoms with Crippen molar-refractivity contribution in [2.45, 2.75) is 39.7 Å². The zero-order valence-electron chi connectivity index (χ0n) is 16.1. The van der Waals surface area contributed by atoms with Gasteiger partial charge in [-0.05, 0) is 47.5 Å². The van der Waals surface area contributed by atoms with E-state index in [0.29, 0.717) is 23.1 Å². The first-order chi connectivity index (χ1) is 13.5. The maximum absolute atomic E-state index is 13.0. The molecule has 146 valence electrons. The molecule has 3 aromatic rings. The van der Waals surface area contributed by atoms with Crippen LogP contribution in [0.5, 0.6) is 0 Å². The largest absolute Gasteiger partial charge is 0.275 e. The molecule has 0 atom stereocenters. The van der Waals surface area contributed by atoms with Gasteiger partial charge in [0.1, 0.15) is 12.0 Å². The third-order valence-electron chi connectivity index (χ3n) is 4.55. The van der Waals surface area contributed by atoms with Crippen molar-refractivity contribution in [2.24, 2.45) is 4.99 Å². The summed E-state index contributed by atoms with van der Waals surface area (Å²) >= 11 is 3.48. The lowest BCUT2D eigenvalue weighted by Gasteiger charge is -2.11. The first-order valence-corrected chi connectivity index (χ1v) is 10.2. The molecule has 1 aromatic carbocycles.